The molecule has 0 spiro atoms. The van der Waals surface area contributed by atoms with Crippen LogP contribution in [-0.2, 0) is 10.0 Å². The van der Waals surface area contributed by atoms with Crippen LogP contribution in [0.4, 0.5) is 11.6 Å². The van der Waals surface area contributed by atoms with Gasteiger partial charge < -0.3 is 0 Å². The fourth-order valence-electron chi connectivity index (χ4n) is 2.21. The number of sulfonamides is 1. The number of anilines is 2. The smallest absolute Gasteiger partial charge is 0.264 e. The topological polar surface area (TPSA) is 137 Å². The van der Waals surface area contributed by atoms with Gasteiger partial charge in [-0.3, -0.25) is 10.2 Å². The molecule has 1 aromatic heterocycles. The largest absolute Gasteiger partial charge is 0.286 e. The highest BCUT2D eigenvalue weighted by Gasteiger charge is 2.16. The van der Waals surface area contributed by atoms with E-state index in [-0.39, 0.29) is 16.6 Å². The lowest BCUT2D eigenvalue weighted by molar-refractivity contribution is 0.106. The van der Waals surface area contributed by atoms with Crippen LogP contribution in [0.1, 0.15) is 10.4 Å². The van der Waals surface area contributed by atoms with Crippen LogP contribution in [0.5, 0.6) is 0 Å². The second-order valence-electron chi connectivity index (χ2n) is 5.58. The lowest BCUT2D eigenvalue weighted by atomic mass is 10.1. The molecule has 0 saturated heterocycles. The summed E-state index contributed by atoms with van der Waals surface area (Å²) in [6, 6.07) is 17.2. The van der Waals surface area contributed by atoms with E-state index in [1.165, 1.54) is 36.7 Å². The summed E-state index contributed by atoms with van der Waals surface area (Å²) < 4.78 is 27.0. The minimum Gasteiger partial charge on any atom is -0.286 e. The van der Waals surface area contributed by atoms with Crippen LogP contribution in [0.25, 0.3) is 0 Å². The van der Waals surface area contributed by atoms with Crippen LogP contribution in [0.2, 0.25) is 0 Å². The Labute approximate surface area is 166 Å². The number of hydrazone groups is 1. The predicted octanol–water partition coefficient (Wildman–Crippen LogP) is 2.45. The molecule has 0 saturated carbocycles. The molecular formula is C19H14N6O3S. The third-order valence-corrected chi connectivity index (χ3v) is 4.95. The molecule has 2 N–H and O–H groups in total. The van der Waals surface area contributed by atoms with E-state index in [1.54, 1.807) is 42.5 Å². The number of nitrogens with zero attached hydrogens (tertiary/aromatic N) is 4. The molecule has 0 amide bonds. The molecule has 0 fully saturated rings. The van der Waals surface area contributed by atoms with Gasteiger partial charge in [0.15, 0.2) is 0 Å². The molecule has 3 rings (SSSR count). The highest BCUT2D eigenvalue weighted by Crippen LogP contribution is 2.16. The standard InChI is InChI=1S/C19H14N6O3S/c20-13-17(18(26)14-5-2-1-3-6-14)24-23-15-7-9-16(10-8-15)29(27,28)25-19-21-11-4-12-22-19/h1-12,23H,(H,21,22,25)/b24-17+. The first kappa shape index (κ1) is 19.7. The first-order valence-electron chi connectivity index (χ1n) is 8.23. The number of ketones is 1. The molecule has 2 aromatic carbocycles. The van der Waals surface area contributed by atoms with Crippen molar-refractivity contribution < 1.29 is 13.2 Å². The first-order chi connectivity index (χ1) is 14.0. The number of hydrogen-bond donors (Lipinski definition) is 2. The maximum atomic E-state index is 12.3. The Kier molecular flexibility index (Phi) is 5.91. The van der Waals surface area contributed by atoms with E-state index in [1.807, 2.05) is 0 Å². The van der Waals surface area contributed by atoms with Crippen LogP contribution in [0.15, 0.2) is 83.1 Å². The van der Waals surface area contributed by atoms with Gasteiger partial charge in [-0.2, -0.15) is 10.4 Å². The van der Waals surface area contributed by atoms with Crippen molar-refractivity contribution in [3.05, 3.63) is 78.6 Å². The van der Waals surface area contributed by atoms with Crippen LogP contribution < -0.4 is 10.1 Å². The van der Waals surface area contributed by atoms with Gasteiger partial charge in [-0.1, -0.05) is 30.3 Å². The summed E-state index contributed by atoms with van der Waals surface area (Å²) in [5.74, 6) is -0.566. The highest BCUT2D eigenvalue weighted by atomic mass is 32.2. The molecule has 144 valence electrons. The van der Waals surface area contributed by atoms with Crippen molar-refractivity contribution in [2.45, 2.75) is 4.90 Å². The number of carbonyl (C=O) groups is 1. The maximum absolute atomic E-state index is 12.3. The second kappa shape index (κ2) is 8.73. The molecule has 0 atom stereocenters. The Morgan fingerprint density at radius 3 is 2.24 bits per heavy atom. The van der Waals surface area contributed by atoms with E-state index >= 15 is 0 Å². The number of rotatable bonds is 7. The van der Waals surface area contributed by atoms with Crippen molar-refractivity contribution in [2.24, 2.45) is 5.10 Å². The Morgan fingerprint density at radius 1 is 0.966 bits per heavy atom. The third kappa shape index (κ3) is 5.00. The van der Waals surface area contributed by atoms with Crippen molar-refractivity contribution in [1.82, 2.24) is 9.97 Å². The summed E-state index contributed by atoms with van der Waals surface area (Å²) >= 11 is 0. The first-order valence-corrected chi connectivity index (χ1v) is 9.71. The number of hydrogen-bond acceptors (Lipinski definition) is 8. The Bertz CT molecular complexity index is 1170. The predicted molar refractivity (Wildman–Crippen MR) is 107 cm³/mol. The molecule has 0 aliphatic heterocycles. The summed E-state index contributed by atoms with van der Waals surface area (Å²) in [5, 5.41) is 13.0. The van der Waals surface area contributed by atoms with Crippen LogP contribution in [-0.4, -0.2) is 29.9 Å². The van der Waals surface area contributed by atoms with E-state index < -0.39 is 15.8 Å². The minimum atomic E-state index is -3.86. The number of Topliss-reactive ketones (excluding diaryl/α,β-unsaturated/α-hetero) is 1. The molecule has 9 nitrogen and oxygen atoms in total. The molecule has 0 aliphatic carbocycles. The van der Waals surface area contributed by atoms with E-state index in [0.717, 1.165) is 0 Å². The number of nitrogens with one attached hydrogen (secondary N) is 2. The monoisotopic (exact) mass is 406 g/mol. The Balaban J connectivity index is 1.72. The molecule has 29 heavy (non-hydrogen) atoms. The highest BCUT2D eigenvalue weighted by molar-refractivity contribution is 7.92. The zero-order chi connectivity index (χ0) is 20.7. The fourth-order valence-corrected chi connectivity index (χ4v) is 3.17. The Morgan fingerprint density at radius 2 is 1.62 bits per heavy atom. The van der Waals surface area contributed by atoms with Gasteiger partial charge in [0.1, 0.15) is 6.07 Å². The molecule has 0 bridgehead atoms. The summed E-state index contributed by atoms with van der Waals surface area (Å²) in [6.45, 7) is 0. The van der Waals surface area contributed by atoms with Gasteiger partial charge in [-0.15, -0.1) is 0 Å². The van der Waals surface area contributed by atoms with Crippen molar-refractivity contribution in [1.29, 1.82) is 5.26 Å². The van der Waals surface area contributed by atoms with Crippen LogP contribution in [0.3, 0.4) is 0 Å². The van der Waals surface area contributed by atoms with Gasteiger partial charge in [0.25, 0.3) is 10.0 Å². The summed E-state index contributed by atoms with van der Waals surface area (Å²) in [7, 11) is -3.86. The SMILES string of the molecule is N#C/C(=N\Nc1ccc(S(=O)(=O)Nc2ncccn2)cc1)C(=O)c1ccccc1. The Hall–Kier alpha value is -4.10. The van der Waals surface area contributed by atoms with Gasteiger partial charge in [-0.25, -0.2) is 23.1 Å². The molecule has 1 heterocycles. The van der Waals surface area contributed by atoms with Gasteiger partial charge >= 0.3 is 0 Å². The number of carbonyl (C=O) groups excluding carboxylic acids is 1. The zero-order valence-electron chi connectivity index (χ0n) is 14.9. The van der Waals surface area contributed by atoms with Crippen molar-refractivity contribution in [2.75, 3.05) is 10.1 Å². The van der Waals surface area contributed by atoms with Gasteiger partial charge in [-0.05, 0) is 30.3 Å². The van der Waals surface area contributed by atoms with Crippen LogP contribution in [0, 0.1) is 11.3 Å². The second-order valence-corrected chi connectivity index (χ2v) is 7.26. The van der Waals surface area contributed by atoms with E-state index in [2.05, 4.69) is 25.2 Å². The quantitative estimate of drug-likeness (QED) is 0.349. The van der Waals surface area contributed by atoms with Crippen molar-refractivity contribution in [3.8, 4) is 6.07 Å². The van der Waals surface area contributed by atoms with E-state index in [9.17, 15) is 18.5 Å². The fraction of sp³-hybridized carbons (Fsp3) is 0. The average molecular weight is 406 g/mol. The third-order valence-electron chi connectivity index (χ3n) is 3.61. The minimum absolute atomic E-state index is 0.0136. The average Bonchev–Trinajstić information content (AvgIpc) is 2.75. The lowest BCUT2D eigenvalue weighted by Gasteiger charge is -2.07. The van der Waals surface area contributed by atoms with Crippen LogP contribution >= 0.6 is 0 Å². The summed E-state index contributed by atoms with van der Waals surface area (Å²) in [6.07, 6.45) is 2.83. The van der Waals surface area contributed by atoms with E-state index in [4.69, 9.17) is 0 Å². The molecule has 0 unspecified atom stereocenters. The molecule has 10 heteroatoms. The molecule has 3 aromatic rings. The number of benzene rings is 2. The van der Waals surface area contributed by atoms with Crippen molar-refractivity contribution in [3.63, 3.8) is 0 Å². The van der Waals surface area contributed by atoms with Crippen molar-refractivity contribution >= 4 is 33.2 Å². The zero-order valence-corrected chi connectivity index (χ0v) is 15.7. The van der Waals surface area contributed by atoms with Gasteiger partial charge in [0.05, 0.1) is 10.6 Å². The normalized spacial score (nSPS) is 11.3. The molecule has 0 aliphatic rings. The summed E-state index contributed by atoms with van der Waals surface area (Å²) in [5.41, 5.74) is 2.99. The molecular weight excluding hydrogens is 392 g/mol. The van der Waals surface area contributed by atoms with Gasteiger partial charge in [0, 0.05) is 18.0 Å². The number of nitriles is 1. The molecule has 0 radical (unpaired) electrons. The van der Waals surface area contributed by atoms with Gasteiger partial charge in [0.2, 0.25) is 17.4 Å². The number of aromatic nitrogens is 2. The van der Waals surface area contributed by atoms with E-state index in [0.29, 0.717) is 11.3 Å². The lowest BCUT2D eigenvalue weighted by Crippen LogP contribution is -2.15. The summed E-state index contributed by atoms with van der Waals surface area (Å²) in [4.78, 5) is 19.9. The maximum Gasteiger partial charge on any atom is 0.264 e.